The van der Waals surface area contributed by atoms with Crippen molar-refractivity contribution in [3.63, 3.8) is 0 Å². The van der Waals surface area contributed by atoms with Crippen molar-refractivity contribution >= 4 is 40.5 Å². The Hall–Kier alpha value is -3.46. The van der Waals surface area contributed by atoms with E-state index in [9.17, 15) is 14.3 Å². The molecule has 0 radical (unpaired) electrons. The lowest BCUT2D eigenvalue weighted by atomic mass is 10.0. The number of rotatable bonds is 3. The molecule has 0 saturated heterocycles. The second-order valence-corrected chi connectivity index (χ2v) is 6.55. The first-order chi connectivity index (χ1) is 13.4. The first kappa shape index (κ1) is 17.9. The van der Waals surface area contributed by atoms with Crippen LogP contribution in [0.5, 0.6) is 5.75 Å². The number of nitrogens with two attached hydrogens (primary N) is 1. The summed E-state index contributed by atoms with van der Waals surface area (Å²) in [6, 6.07) is 9.67. The number of hydrogen-bond acceptors (Lipinski definition) is 7. The minimum atomic E-state index is -0.701. The molecule has 4 rings (SSSR count). The molecule has 3 aromatic rings. The van der Waals surface area contributed by atoms with Crippen molar-refractivity contribution in [3.8, 4) is 5.75 Å². The second kappa shape index (κ2) is 6.93. The molecular weight excluding hydrogens is 387 g/mol. The fourth-order valence-corrected chi connectivity index (χ4v) is 3.25. The average molecular weight is 401 g/mol. The Kier molecular flexibility index (Phi) is 4.44. The van der Waals surface area contributed by atoms with Crippen LogP contribution in [0.3, 0.4) is 0 Å². The number of nitrogen functional groups attached to an aromatic ring is 1. The third kappa shape index (κ3) is 3.16. The smallest absolute Gasteiger partial charge is 0.251 e. The van der Waals surface area contributed by atoms with Crippen molar-refractivity contribution in [1.29, 1.82) is 0 Å². The van der Waals surface area contributed by atoms with E-state index in [1.807, 2.05) is 0 Å². The van der Waals surface area contributed by atoms with Gasteiger partial charge in [-0.1, -0.05) is 17.7 Å². The molecule has 0 fully saturated rings. The number of nitrogens with one attached hydrogen (secondary N) is 1. The van der Waals surface area contributed by atoms with Gasteiger partial charge in [-0.2, -0.15) is 9.80 Å². The highest BCUT2D eigenvalue weighted by molar-refractivity contribution is 6.31. The summed E-state index contributed by atoms with van der Waals surface area (Å²) in [6.45, 7) is 0. The summed E-state index contributed by atoms with van der Waals surface area (Å²) >= 11 is 6.14. The summed E-state index contributed by atoms with van der Waals surface area (Å²) in [4.78, 5) is 12.5. The number of phenolic OH excluding ortho intramolecular Hbond substituents is 1. The number of halogens is 2. The number of nitrogens with zero attached hydrogens (tertiary/aromatic N) is 4. The van der Waals surface area contributed by atoms with E-state index in [1.165, 1.54) is 24.3 Å². The van der Waals surface area contributed by atoms with Crippen LogP contribution >= 0.6 is 11.6 Å². The zero-order valence-electron chi connectivity index (χ0n) is 14.3. The minimum Gasteiger partial charge on any atom is -0.508 e. The summed E-state index contributed by atoms with van der Waals surface area (Å²) in [5, 5.41) is 24.7. The predicted octanol–water partition coefficient (Wildman–Crippen LogP) is 4.58. The number of anilines is 2. The van der Waals surface area contributed by atoms with Crippen LogP contribution in [0.25, 0.3) is 0 Å². The van der Waals surface area contributed by atoms with Crippen molar-refractivity contribution in [1.82, 2.24) is 9.78 Å². The summed E-state index contributed by atoms with van der Waals surface area (Å²) in [5.74, 6) is -0.598. The molecule has 0 aliphatic carbocycles. The number of carbonyl (C=O) groups excluding carboxylic acids is 1. The van der Waals surface area contributed by atoms with Gasteiger partial charge in [0.05, 0.1) is 18.2 Å². The topological polar surface area (TPSA) is 118 Å². The lowest BCUT2D eigenvalue weighted by Crippen LogP contribution is -2.29. The van der Waals surface area contributed by atoms with Crippen LogP contribution in [0.4, 0.5) is 27.4 Å². The van der Waals surface area contributed by atoms with E-state index >= 15 is 0 Å². The molecule has 8 nitrogen and oxygen atoms in total. The van der Waals surface area contributed by atoms with E-state index < -0.39 is 11.9 Å². The van der Waals surface area contributed by atoms with Gasteiger partial charge in [0.2, 0.25) is 0 Å². The highest BCUT2D eigenvalue weighted by Gasteiger charge is 2.33. The van der Waals surface area contributed by atoms with Gasteiger partial charge in [-0.15, -0.1) is 10.2 Å². The molecule has 0 amide bonds. The number of aromatic hydroxyl groups is 1. The van der Waals surface area contributed by atoms with Gasteiger partial charge < -0.3 is 16.2 Å². The molecule has 10 heteroatoms. The van der Waals surface area contributed by atoms with E-state index in [0.717, 1.165) is 4.68 Å². The van der Waals surface area contributed by atoms with Crippen molar-refractivity contribution in [3.05, 3.63) is 58.9 Å². The van der Waals surface area contributed by atoms with E-state index in [1.54, 1.807) is 18.2 Å². The second-order valence-electron chi connectivity index (χ2n) is 6.14. The molecule has 4 N–H and O–H groups in total. The SMILES string of the molecule is Nc1nn2c(c1N=Nc1ccc(O)cc1)NC(c1c(F)cccc1Cl)CC2=O. The van der Waals surface area contributed by atoms with E-state index in [2.05, 4.69) is 20.6 Å². The first-order valence-electron chi connectivity index (χ1n) is 8.27. The Morgan fingerprint density at radius 1 is 1.25 bits per heavy atom. The third-order valence-electron chi connectivity index (χ3n) is 4.28. The Morgan fingerprint density at radius 3 is 2.71 bits per heavy atom. The van der Waals surface area contributed by atoms with Gasteiger partial charge in [-0.05, 0) is 36.4 Å². The summed E-state index contributed by atoms with van der Waals surface area (Å²) in [5.41, 5.74) is 6.70. The maximum absolute atomic E-state index is 14.3. The zero-order chi connectivity index (χ0) is 19.8. The standard InChI is InChI=1S/C18H14ClFN6O2/c19-11-2-1-3-12(20)15(11)13-8-14(28)26-18(22-13)16(17(21)25-26)24-23-9-4-6-10(27)7-5-9/h1-7,13,22,27H,8H2,(H2,21,25). The summed E-state index contributed by atoms with van der Waals surface area (Å²) in [6.07, 6.45) is -0.0523. The van der Waals surface area contributed by atoms with Gasteiger partial charge in [0, 0.05) is 10.6 Å². The minimum absolute atomic E-state index is 0.00124. The lowest BCUT2D eigenvalue weighted by molar-refractivity contribution is 0.0872. The van der Waals surface area contributed by atoms with E-state index in [-0.39, 0.29) is 46.0 Å². The van der Waals surface area contributed by atoms with Crippen molar-refractivity contribution in [2.45, 2.75) is 12.5 Å². The molecule has 1 atom stereocenters. The molecule has 1 aromatic heterocycles. The molecule has 1 unspecified atom stereocenters. The highest BCUT2D eigenvalue weighted by atomic mass is 35.5. The quantitative estimate of drug-likeness (QED) is 0.556. The number of azo groups is 1. The van der Waals surface area contributed by atoms with Gasteiger partial charge in [-0.3, -0.25) is 4.79 Å². The maximum atomic E-state index is 14.3. The van der Waals surface area contributed by atoms with Gasteiger partial charge in [0.25, 0.3) is 5.91 Å². The van der Waals surface area contributed by atoms with Crippen LogP contribution < -0.4 is 11.1 Å². The normalized spacial score (nSPS) is 16.2. The van der Waals surface area contributed by atoms with Crippen LogP contribution in [-0.2, 0) is 0 Å². The Labute approximate surface area is 163 Å². The molecule has 0 spiro atoms. The number of aromatic nitrogens is 2. The number of fused-ring (bicyclic) bond motifs is 1. The molecule has 0 bridgehead atoms. The van der Waals surface area contributed by atoms with Crippen LogP contribution in [0.1, 0.15) is 22.8 Å². The van der Waals surface area contributed by atoms with Crippen molar-refractivity contribution < 1.29 is 14.3 Å². The van der Waals surface area contributed by atoms with E-state index in [4.69, 9.17) is 17.3 Å². The molecular formula is C18H14ClFN6O2. The Bertz CT molecular complexity index is 1080. The zero-order valence-corrected chi connectivity index (χ0v) is 15.1. The highest BCUT2D eigenvalue weighted by Crippen LogP contribution is 2.41. The molecule has 1 aliphatic heterocycles. The maximum Gasteiger partial charge on any atom is 0.251 e. The molecule has 142 valence electrons. The molecule has 0 saturated carbocycles. The van der Waals surface area contributed by atoms with E-state index in [0.29, 0.717) is 5.69 Å². The predicted molar refractivity (Wildman–Crippen MR) is 102 cm³/mol. The monoisotopic (exact) mass is 400 g/mol. The summed E-state index contributed by atoms with van der Waals surface area (Å²) in [7, 11) is 0. The number of hydrogen-bond donors (Lipinski definition) is 3. The van der Waals surface area contributed by atoms with Crippen LogP contribution in [0, 0.1) is 5.82 Å². The molecule has 1 aliphatic rings. The van der Waals surface area contributed by atoms with Crippen molar-refractivity contribution in [2.75, 3.05) is 11.1 Å². The van der Waals surface area contributed by atoms with Crippen LogP contribution in [0.15, 0.2) is 52.7 Å². The largest absolute Gasteiger partial charge is 0.508 e. The lowest BCUT2D eigenvalue weighted by Gasteiger charge is -2.25. The van der Waals surface area contributed by atoms with Gasteiger partial charge in [0.15, 0.2) is 17.3 Å². The fourth-order valence-electron chi connectivity index (χ4n) is 2.96. The van der Waals surface area contributed by atoms with Crippen molar-refractivity contribution in [2.24, 2.45) is 10.2 Å². The number of phenols is 1. The van der Waals surface area contributed by atoms with Crippen LogP contribution in [-0.4, -0.2) is 20.8 Å². The average Bonchev–Trinajstić information content (AvgIpc) is 2.97. The Balaban J connectivity index is 1.72. The number of benzene rings is 2. The summed E-state index contributed by atoms with van der Waals surface area (Å²) < 4.78 is 15.4. The van der Waals surface area contributed by atoms with Gasteiger partial charge in [0.1, 0.15) is 11.6 Å². The third-order valence-corrected chi connectivity index (χ3v) is 4.61. The first-order valence-corrected chi connectivity index (χ1v) is 8.64. The Morgan fingerprint density at radius 2 is 2.00 bits per heavy atom. The van der Waals surface area contributed by atoms with Gasteiger partial charge in [-0.25, -0.2) is 4.39 Å². The molecule has 2 heterocycles. The molecule has 28 heavy (non-hydrogen) atoms. The molecule has 2 aromatic carbocycles. The van der Waals surface area contributed by atoms with Crippen LogP contribution in [0.2, 0.25) is 5.02 Å². The fraction of sp³-hybridized carbons (Fsp3) is 0.111. The number of carbonyl (C=O) groups is 1. The van der Waals surface area contributed by atoms with Gasteiger partial charge >= 0.3 is 0 Å².